The van der Waals surface area contributed by atoms with Gasteiger partial charge in [-0.15, -0.1) is 5.10 Å². The lowest BCUT2D eigenvalue weighted by Crippen LogP contribution is -2.29. The Balaban J connectivity index is 2.29. The Labute approximate surface area is 134 Å². The number of halogens is 1. The summed E-state index contributed by atoms with van der Waals surface area (Å²) in [6.45, 7) is 6.15. The Hall–Kier alpha value is -2.28. The van der Waals surface area contributed by atoms with Gasteiger partial charge in [0.2, 0.25) is 5.82 Å². The molecule has 0 bridgehead atoms. The molecule has 0 aliphatic heterocycles. The van der Waals surface area contributed by atoms with E-state index in [1.807, 2.05) is 20.8 Å². The monoisotopic (exact) mass is 319 g/mol. The number of aromatic nitrogens is 3. The molecule has 1 aromatic carbocycles. The van der Waals surface area contributed by atoms with Crippen molar-refractivity contribution in [2.45, 2.75) is 39.2 Å². The van der Waals surface area contributed by atoms with Gasteiger partial charge in [-0.1, -0.05) is 26.0 Å². The molecular weight excluding hydrogens is 297 g/mol. The largest absolute Gasteiger partial charge is 0.349 e. The summed E-state index contributed by atoms with van der Waals surface area (Å²) in [7, 11) is 0. The van der Waals surface area contributed by atoms with Gasteiger partial charge in [0.05, 0.1) is 0 Å². The summed E-state index contributed by atoms with van der Waals surface area (Å²) >= 11 is 0. The molecule has 0 radical (unpaired) electrons. The zero-order valence-corrected chi connectivity index (χ0v) is 13.6. The molecule has 0 fully saturated rings. The van der Waals surface area contributed by atoms with E-state index in [0.717, 1.165) is 0 Å². The first-order valence-corrected chi connectivity index (χ1v) is 7.65. The fourth-order valence-electron chi connectivity index (χ4n) is 2.09. The number of rotatable bonds is 6. The highest BCUT2D eigenvalue weighted by Crippen LogP contribution is 2.19. The highest BCUT2D eigenvalue weighted by molar-refractivity contribution is 5.90. The molecule has 3 N–H and O–H groups in total. The van der Waals surface area contributed by atoms with Crippen molar-refractivity contribution >= 4 is 5.91 Å². The summed E-state index contributed by atoms with van der Waals surface area (Å²) in [6.07, 6.45) is 0.663. The molecular formula is C16H22FN5O. The summed E-state index contributed by atoms with van der Waals surface area (Å²) in [6, 6.07) is 6.28. The minimum absolute atomic E-state index is 0.00505. The van der Waals surface area contributed by atoms with Crippen molar-refractivity contribution in [3.8, 4) is 5.69 Å². The molecule has 124 valence electrons. The van der Waals surface area contributed by atoms with Crippen molar-refractivity contribution in [1.82, 2.24) is 20.1 Å². The molecule has 1 heterocycles. The highest BCUT2D eigenvalue weighted by atomic mass is 19.1. The number of benzene rings is 1. The van der Waals surface area contributed by atoms with E-state index in [1.54, 1.807) is 18.2 Å². The van der Waals surface area contributed by atoms with E-state index >= 15 is 0 Å². The van der Waals surface area contributed by atoms with Crippen molar-refractivity contribution in [2.75, 3.05) is 6.54 Å². The Morgan fingerprint density at radius 2 is 2.04 bits per heavy atom. The molecule has 0 saturated heterocycles. The maximum absolute atomic E-state index is 14.0. The molecule has 0 saturated carbocycles. The van der Waals surface area contributed by atoms with E-state index in [4.69, 9.17) is 5.73 Å². The SMILES string of the molecule is CC(N)CCNC(=O)c1nc(C(C)C)n(-c2ccccc2F)n1. The lowest BCUT2D eigenvalue weighted by atomic mass is 10.2. The van der Waals surface area contributed by atoms with Gasteiger partial charge in [-0.25, -0.2) is 14.1 Å². The Morgan fingerprint density at radius 3 is 2.65 bits per heavy atom. The fourth-order valence-corrected chi connectivity index (χ4v) is 2.09. The summed E-state index contributed by atoms with van der Waals surface area (Å²) in [5.74, 6) is -0.243. The molecule has 1 atom stereocenters. The van der Waals surface area contributed by atoms with Gasteiger partial charge in [0.15, 0.2) is 0 Å². The molecule has 1 aromatic heterocycles. The predicted molar refractivity (Wildman–Crippen MR) is 86.0 cm³/mol. The number of nitrogens with two attached hydrogens (primary N) is 1. The van der Waals surface area contributed by atoms with Crippen LogP contribution in [0.5, 0.6) is 0 Å². The molecule has 1 unspecified atom stereocenters. The van der Waals surface area contributed by atoms with Gasteiger partial charge in [-0.05, 0) is 25.5 Å². The molecule has 23 heavy (non-hydrogen) atoms. The minimum Gasteiger partial charge on any atom is -0.349 e. The molecule has 0 aliphatic carbocycles. The fraction of sp³-hybridized carbons (Fsp3) is 0.438. The van der Waals surface area contributed by atoms with Crippen LogP contribution in [-0.2, 0) is 0 Å². The van der Waals surface area contributed by atoms with E-state index in [1.165, 1.54) is 10.7 Å². The Morgan fingerprint density at radius 1 is 1.35 bits per heavy atom. The number of carbonyl (C=O) groups is 1. The molecule has 0 spiro atoms. The maximum atomic E-state index is 14.0. The van der Waals surface area contributed by atoms with E-state index < -0.39 is 5.82 Å². The maximum Gasteiger partial charge on any atom is 0.290 e. The van der Waals surface area contributed by atoms with Crippen LogP contribution in [0.1, 0.15) is 49.6 Å². The van der Waals surface area contributed by atoms with Crippen LogP contribution in [-0.4, -0.2) is 33.3 Å². The average Bonchev–Trinajstić information content (AvgIpc) is 2.92. The summed E-state index contributed by atoms with van der Waals surface area (Å²) in [4.78, 5) is 16.4. The van der Waals surface area contributed by atoms with Gasteiger partial charge in [-0.3, -0.25) is 4.79 Å². The number of nitrogens with zero attached hydrogens (tertiary/aromatic N) is 3. The van der Waals surface area contributed by atoms with Crippen molar-refractivity contribution in [2.24, 2.45) is 5.73 Å². The predicted octanol–water partition coefficient (Wildman–Crippen LogP) is 2.00. The van der Waals surface area contributed by atoms with Crippen LogP contribution in [0.25, 0.3) is 5.69 Å². The number of para-hydroxylation sites is 1. The summed E-state index contributed by atoms with van der Waals surface area (Å²) in [5.41, 5.74) is 5.93. The van der Waals surface area contributed by atoms with Crippen LogP contribution >= 0.6 is 0 Å². The van der Waals surface area contributed by atoms with Crippen molar-refractivity contribution < 1.29 is 9.18 Å². The van der Waals surface area contributed by atoms with Gasteiger partial charge < -0.3 is 11.1 Å². The van der Waals surface area contributed by atoms with Gasteiger partial charge in [-0.2, -0.15) is 0 Å². The van der Waals surface area contributed by atoms with E-state index in [9.17, 15) is 9.18 Å². The zero-order chi connectivity index (χ0) is 17.0. The standard InChI is InChI=1S/C16H22FN5O/c1-10(2)15-20-14(16(23)19-9-8-11(3)18)21-22(15)13-7-5-4-6-12(13)17/h4-7,10-11H,8-9,18H2,1-3H3,(H,19,23). The third kappa shape index (κ3) is 4.13. The lowest BCUT2D eigenvalue weighted by molar-refractivity contribution is 0.0942. The second-order valence-electron chi connectivity index (χ2n) is 5.83. The lowest BCUT2D eigenvalue weighted by Gasteiger charge is -2.08. The van der Waals surface area contributed by atoms with Gasteiger partial charge in [0.1, 0.15) is 17.3 Å². The highest BCUT2D eigenvalue weighted by Gasteiger charge is 2.20. The molecule has 1 amide bonds. The number of carbonyl (C=O) groups excluding carboxylic acids is 1. The second kappa shape index (κ2) is 7.32. The van der Waals surface area contributed by atoms with E-state index in [2.05, 4.69) is 15.4 Å². The van der Waals surface area contributed by atoms with Crippen LogP contribution in [0.2, 0.25) is 0 Å². The minimum atomic E-state index is -0.414. The third-order valence-electron chi connectivity index (χ3n) is 3.32. The topological polar surface area (TPSA) is 85.8 Å². The smallest absolute Gasteiger partial charge is 0.290 e. The van der Waals surface area contributed by atoms with Crippen molar-refractivity contribution in [1.29, 1.82) is 0 Å². The first kappa shape index (κ1) is 17.1. The third-order valence-corrected chi connectivity index (χ3v) is 3.32. The molecule has 0 aliphatic rings. The van der Waals surface area contributed by atoms with Crippen LogP contribution in [0.4, 0.5) is 4.39 Å². The molecule has 2 rings (SSSR count). The van der Waals surface area contributed by atoms with Crippen LogP contribution < -0.4 is 11.1 Å². The van der Waals surface area contributed by atoms with Crippen molar-refractivity contribution in [3.05, 3.63) is 41.7 Å². The average molecular weight is 319 g/mol. The number of hydrogen-bond acceptors (Lipinski definition) is 4. The van der Waals surface area contributed by atoms with Gasteiger partial charge in [0, 0.05) is 18.5 Å². The van der Waals surface area contributed by atoms with E-state index in [-0.39, 0.29) is 29.4 Å². The Kier molecular flexibility index (Phi) is 5.44. The first-order valence-electron chi connectivity index (χ1n) is 7.65. The van der Waals surface area contributed by atoms with Gasteiger partial charge in [0.25, 0.3) is 5.91 Å². The number of nitrogens with one attached hydrogen (secondary N) is 1. The van der Waals surface area contributed by atoms with E-state index in [0.29, 0.717) is 18.8 Å². The summed E-state index contributed by atoms with van der Waals surface area (Å²) < 4.78 is 15.4. The quantitative estimate of drug-likeness (QED) is 0.852. The van der Waals surface area contributed by atoms with Crippen LogP contribution in [0.15, 0.2) is 24.3 Å². The zero-order valence-electron chi connectivity index (χ0n) is 13.6. The second-order valence-corrected chi connectivity index (χ2v) is 5.83. The Bertz CT molecular complexity index is 681. The summed E-state index contributed by atoms with van der Waals surface area (Å²) in [5, 5.41) is 6.91. The number of hydrogen-bond donors (Lipinski definition) is 2. The normalized spacial score (nSPS) is 12.4. The molecule has 2 aromatic rings. The number of amides is 1. The van der Waals surface area contributed by atoms with Gasteiger partial charge >= 0.3 is 0 Å². The first-order chi connectivity index (χ1) is 10.9. The molecule has 6 nitrogen and oxygen atoms in total. The van der Waals surface area contributed by atoms with Crippen molar-refractivity contribution in [3.63, 3.8) is 0 Å². The van der Waals surface area contributed by atoms with Crippen LogP contribution in [0, 0.1) is 5.82 Å². The van der Waals surface area contributed by atoms with Crippen LogP contribution in [0.3, 0.4) is 0 Å². The molecule has 7 heteroatoms.